The Morgan fingerprint density at radius 1 is 0.630 bits per heavy atom. The van der Waals surface area contributed by atoms with E-state index >= 15 is 0 Å². The summed E-state index contributed by atoms with van der Waals surface area (Å²) in [6.07, 6.45) is -0.753. The maximum Gasteiger partial charge on any atom is 0.160 e. The quantitative estimate of drug-likeness (QED) is 0.450. The molecule has 0 N–H and O–H groups in total. The Bertz CT molecular complexity index is 492. The molecule has 0 heterocycles. The first kappa shape index (κ1) is 21.8. The molecule has 0 saturated heterocycles. The number of Topliss-reactive ketones (excluding diaryl/α,β-unsaturated/α-hetero) is 4. The highest BCUT2D eigenvalue weighted by Gasteiger charge is 2.45. The van der Waals surface area contributed by atoms with E-state index < -0.39 is 24.4 Å². The molecule has 2 fully saturated rings. The maximum absolute atomic E-state index is 12.5. The van der Waals surface area contributed by atoms with Crippen LogP contribution in [0.1, 0.15) is 32.1 Å². The third-order valence-electron chi connectivity index (χ3n) is 5.58. The molecule has 0 spiro atoms. The Morgan fingerprint density at radius 3 is 1.11 bits per heavy atom. The van der Waals surface area contributed by atoms with Crippen molar-refractivity contribution in [3.8, 4) is 0 Å². The van der Waals surface area contributed by atoms with Crippen molar-refractivity contribution in [2.45, 2.75) is 44.7 Å². The summed E-state index contributed by atoms with van der Waals surface area (Å²) in [5.74, 6) is -3.55. The zero-order valence-electron chi connectivity index (χ0n) is 16.3. The standard InChI is InChI=1S/C19H28O8/c1-24-18(25-2)10-5-14(20)12(15(21)6-10)9-13-16(22)7-11(8-17(13)23)19(26-3)27-4/h10-13,18-19H,5-9H2,1-4H3. The summed E-state index contributed by atoms with van der Waals surface area (Å²) in [7, 11) is 5.83. The molecule has 0 unspecified atom stereocenters. The van der Waals surface area contributed by atoms with Crippen molar-refractivity contribution in [1.82, 2.24) is 0 Å². The van der Waals surface area contributed by atoms with Crippen LogP contribution in [0.3, 0.4) is 0 Å². The van der Waals surface area contributed by atoms with Gasteiger partial charge in [0.05, 0.1) is 11.8 Å². The maximum atomic E-state index is 12.5. The second kappa shape index (κ2) is 9.64. The first-order valence-corrected chi connectivity index (χ1v) is 9.08. The molecule has 2 aliphatic carbocycles. The van der Waals surface area contributed by atoms with Gasteiger partial charge in [0.25, 0.3) is 0 Å². The fourth-order valence-corrected chi connectivity index (χ4v) is 4.21. The smallest absolute Gasteiger partial charge is 0.160 e. The highest BCUT2D eigenvalue weighted by Crippen LogP contribution is 2.35. The molecule has 0 radical (unpaired) electrons. The van der Waals surface area contributed by atoms with Crippen LogP contribution in [0.4, 0.5) is 0 Å². The van der Waals surface area contributed by atoms with Crippen LogP contribution >= 0.6 is 0 Å². The Kier molecular flexibility index (Phi) is 7.79. The van der Waals surface area contributed by atoms with E-state index in [2.05, 4.69) is 0 Å². The second-order valence-electron chi connectivity index (χ2n) is 7.22. The van der Waals surface area contributed by atoms with Gasteiger partial charge in [-0.15, -0.1) is 0 Å². The first-order chi connectivity index (χ1) is 12.9. The number of methoxy groups -OCH3 is 4. The van der Waals surface area contributed by atoms with Gasteiger partial charge in [-0.1, -0.05) is 0 Å². The molecule has 27 heavy (non-hydrogen) atoms. The molecule has 2 saturated carbocycles. The van der Waals surface area contributed by atoms with Crippen LogP contribution in [0.2, 0.25) is 0 Å². The predicted molar refractivity (Wildman–Crippen MR) is 92.7 cm³/mol. The fraction of sp³-hybridized carbons (Fsp3) is 0.789. The van der Waals surface area contributed by atoms with Crippen LogP contribution < -0.4 is 0 Å². The van der Waals surface area contributed by atoms with Gasteiger partial charge in [0.2, 0.25) is 0 Å². The van der Waals surface area contributed by atoms with Gasteiger partial charge in [0, 0.05) is 66.0 Å². The Balaban J connectivity index is 2.03. The van der Waals surface area contributed by atoms with Gasteiger partial charge in [-0.3, -0.25) is 19.2 Å². The molecule has 0 aromatic carbocycles. The molecular weight excluding hydrogens is 356 g/mol. The molecular formula is C19H28O8. The molecule has 0 bridgehead atoms. The van der Waals surface area contributed by atoms with Gasteiger partial charge >= 0.3 is 0 Å². The number of carbonyl (C=O) groups excluding carboxylic acids is 4. The molecule has 2 aliphatic rings. The van der Waals surface area contributed by atoms with E-state index in [-0.39, 0.29) is 67.1 Å². The summed E-state index contributed by atoms with van der Waals surface area (Å²) in [4.78, 5) is 50.0. The molecule has 152 valence electrons. The Morgan fingerprint density at radius 2 is 0.889 bits per heavy atom. The van der Waals surface area contributed by atoms with Crippen LogP contribution in [0, 0.1) is 23.7 Å². The number of ether oxygens (including phenoxy) is 4. The number of carbonyl (C=O) groups is 4. The number of hydrogen-bond donors (Lipinski definition) is 0. The number of rotatable bonds is 8. The minimum Gasteiger partial charge on any atom is -0.356 e. The molecule has 0 amide bonds. The van der Waals surface area contributed by atoms with Gasteiger partial charge in [0.1, 0.15) is 23.1 Å². The summed E-state index contributed by atoms with van der Waals surface area (Å²) >= 11 is 0. The summed E-state index contributed by atoms with van der Waals surface area (Å²) in [5, 5.41) is 0. The minimum absolute atomic E-state index is 0.0377. The third kappa shape index (κ3) is 4.87. The van der Waals surface area contributed by atoms with Crippen molar-refractivity contribution in [2.75, 3.05) is 28.4 Å². The highest BCUT2D eigenvalue weighted by molar-refractivity contribution is 6.08. The number of ketones is 4. The topological polar surface area (TPSA) is 105 Å². The van der Waals surface area contributed by atoms with Gasteiger partial charge in [-0.05, 0) is 6.42 Å². The van der Waals surface area contributed by atoms with Crippen LogP contribution in [0.15, 0.2) is 0 Å². The second-order valence-corrected chi connectivity index (χ2v) is 7.22. The number of hydrogen-bond acceptors (Lipinski definition) is 8. The van der Waals surface area contributed by atoms with Gasteiger partial charge < -0.3 is 18.9 Å². The van der Waals surface area contributed by atoms with E-state index in [1.165, 1.54) is 28.4 Å². The SMILES string of the molecule is COC(OC)C1CC(=O)C(CC2C(=O)CC(C(OC)OC)CC2=O)C(=O)C1. The largest absolute Gasteiger partial charge is 0.356 e. The van der Waals surface area contributed by atoms with Crippen molar-refractivity contribution in [1.29, 1.82) is 0 Å². The van der Waals surface area contributed by atoms with Crippen molar-refractivity contribution < 1.29 is 38.1 Å². The lowest BCUT2D eigenvalue weighted by Crippen LogP contribution is -2.44. The van der Waals surface area contributed by atoms with Crippen molar-refractivity contribution in [2.24, 2.45) is 23.7 Å². The van der Waals surface area contributed by atoms with E-state index in [1.807, 2.05) is 0 Å². The molecule has 0 aromatic heterocycles. The van der Waals surface area contributed by atoms with E-state index in [0.29, 0.717) is 0 Å². The third-order valence-corrected chi connectivity index (χ3v) is 5.58. The minimum atomic E-state index is -0.911. The molecule has 8 heteroatoms. The van der Waals surface area contributed by atoms with Crippen LogP contribution in [-0.4, -0.2) is 64.2 Å². The highest BCUT2D eigenvalue weighted by atomic mass is 16.7. The molecule has 0 aromatic rings. The lowest BCUT2D eigenvalue weighted by Gasteiger charge is -2.34. The van der Waals surface area contributed by atoms with Crippen molar-refractivity contribution in [3.05, 3.63) is 0 Å². The average Bonchev–Trinajstić information content (AvgIpc) is 2.62. The van der Waals surface area contributed by atoms with Gasteiger partial charge in [-0.2, -0.15) is 0 Å². The average molecular weight is 384 g/mol. The summed E-state index contributed by atoms with van der Waals surface area (Å²) in [6.45, 7) is 0. The van der Waals surface area contributed by atoms with Crippen molar-refractivity contribution in [3.63, 3.8) is 0 Å². The summed E-state index contributed by atoms with van der Waals surface area (Å²) in [5.41, 5.74) is 0. The zero-order valence-corrected chi connectivity index (χ0v) is 16.3. The van der Waals surface area contributed by atoms with Gasteiger partial charge in [0.15, 0.2) is 12.6 Å². The monoisotopic (exact) mass is 384 g/mol. The summed E-state index contributed by atoms with van der Waals surface area (Å²) < 4.78 is 20.6. The lowest BCUT2D eigenvalue weighted by atomic mass is 9.71. The lowest BCUT2D eigenvalue weighted by molar-refractivity contribution is -0.164. The zero-order chi connectivity index (χ0) is 20.1. The van der Waals surface area contributed by atoms with E-state index in [9.17, 15) is 19.2 Å². The van der Waals surface area contributed by atoms with E-state index in [1.54, 1.807) is 0 Å². The van der Waals surface area contributed by atoms with E-state index in [4.69, 9.17) is 18.9 Å². The molecule has 2 rings (SSSR count). The van der Waals surface area contributed by atoms with Crippen LogP contribution in [0.25, 0.3) is 0 Å². The van der Waals surface area contributed by atoms with Crippen molar-refractivity contribution >= 4 is 23.1 Å². The van der Waals surface area contributed by atoms with Gasteiger partial charge in [-0.25, -0.2) is 0 Å². The molecule has 0 aliphatic heterocycles. The fourth-order valence-electron chi connectivity index (χ4n) is 4.21. The predicted octanol–water partition coefficient (Wildman–Crippen LogP) is 0.943. The Hall–Kier alpha value is -1.48. The molecule has 8 nitrogen and oxygen atoms in total. The normalized spacial score (nSPS) is 29.9. The Labute approximate surface area is 158 Å². The van der Waals surface area contributed by atoms with Crippen LogP contribution in [-0.2, 0) is 38.1 Å². The van der Waals surface area contributed by atoms with Crippen LogP contribution in [0.5, 0.6) is 0 Å². The van der Waals surface area contributed by atoms with E-state index in [0.717, 1.165) is 0 Å². The molecule has 0 atom stereocenters. The first-order valence-electron chi connectivity index (χ1n) is 9.08. The summed E-state index contributed by atoms with van der Waals surface area (Å²) in [6, 6.07) is 0.